The minimum atomic E-state index is -1.15. The van der Waals surface area contributed by atoms with Gasteiger partial charge in [-0.3, -0.25) is 4.79 Å². The van der Waals surface area contributed by atoms with Gasteiger partial charge in [0, 0.05) is 0 Å². The number of amides is 1. The average Bonchev–Trinajstić information content (AvgIpc) is 1.79. The summed E-state index contributed by atoms with van der Waals surface area (Å²) in [7, 11) is 0. The highest BCUT2D eigenvalue weighted by Crippen LogP contribution is 2.06. The fraction of sp³-hybridized carbons (Fsp3) is 0.714. The first kappa shape index (κ1) is 10.7. The van der Waals surface area contributed by atoms with Crippen molar-refractivity contribution in [2.45, 2.75) is 26.4 Å². The molecule has 12 heavy (non-hydrogen) atoms. The lowest BCUT2D eigenvalue weighted by atomic mass is 10.2. The largest absolute Gasteiger partial charge is 0.480 e. The molecule has 1 amide bonds. The lowest BCUT2D eigenvalue weighted by Crippen LogP contribution is -2.30. The maximum Gasteiger partial charge on any atom is 0.430 e. The van der Waals surface area contributed by atoms with Gasteiger partial charge in [0.05, 0.1) is 0 Å². The number of carboxylic acid groups (broad SMARTS) is 1. The van der Waals surface area contributed by atoms with Gasteiger partial charge in [-0.25, -0.2) is 10.1 Å². The van der Waals surface area contributed by atoms with Crippen LogP contribution in [0.5, 0.6) is 0 Å². The third-order valence-electron chi connectivity index (χ3n) is 0.737. The highest BCUT2D eigenvalue weighted by molar-refractivity contribution is 5.76. The molecule has 0 unspecified atom stereocenters. The van der Waals surface area contributed by atoms with Crippen LogP contribution in [0.4, 0.5) is 4.79 Å². The van der Waals surface area contributed by atoms with Gasteiger partial charge in [-0.1, -0.05) is 0 Å². The number of rotatable bonds is 2. The number of ether oxygens (including phenoxy) is 1. The number of carbonyl (C=O) groups excluding carboxylic acids is 1. The number of aliphatic carboxylic acids is 1. The molecule has 0 bridgehead atoms. The smallest absolute Gasteiger partial charge is 0.430 e. The molecule has 5 nitrogen and oxygen atoms in total. The molecule has 1 N–H and O–H groups in total. The molecule has 0 aliphatic rings. The van der Waals surface area contributed by atoms with E-state index < -0.39 is 24.2 Å². The second-order valence-corrected chi connectivity index (χ2v) is 3.19. The summed E-state index contributed by atoms with van der Waals surface area (Å²) >= 11 is 0. The van der Waals surface area contributed by atoms with Crippen LogP contribution in [0.25, 0.3) is 0 Å². The van der Waals surface area contributed by atoms with E-state index in [-0.39, 0.29) is 0 Å². The molecule has 1 radical (unpaired) electrons. The summed E-state index contributed by atoms with van der Waals surface area (Å²) in [6.45, 7) is 4.50. The van der Waals surface area contributed by atoms with Crippen LogP contribution in [0.2, 0.25) is 0 Å². The molecule has 0 aromatic heterocycles. The predicted octanol–water partition coefficient (Wildman–Crippen LogP) is 0.610. The van der Waals surface area contributed by atoms with Gasteiger partial charge in [0.25, 0.3) is 0 Å². The van der Waals surface area contributed by atoms with Crippen molar-refractivity contribution in [2.75, 3.05) is 6.54 Å². The first-order valence-electron chi connectivity index (χ1n) is 3.43. The molecule has 0 saturated carbocycles. The van der Waals surface area contributed by atoms with Gasteiger partial charge in [0.15, 0.2) is 0 Å². The van der Waals surface area contributed by atoms with Gasteiger partial charge < -0.3 is 9.84 Å². The van der Waals surface area contributed by atoms with Crippen LogP contribution in [0.1, 0.15) is 20.8 Å². The number of nitrogens with zero attached hydrogens (tertiary/aromatic N) is 1. The van der Waals surface area contributed by atoms with E-state index in [9.17, 15) is 9.59 Å². The Morgan fingerprint density at radius 1 is 1.42 bits per heavy atom. The van der Waals surface area contributed by atoms with E-state index in [2.05, 4.69) is 5.32 Å². The second kappa shape index (κ2) is 3.94. The summed E-state index contributed by atoms with van der Waals surface area (Å²) in [6.07, 6.45) is -0.843. The molecule has 69 valence electrons. The predicted molar refractivity (Wildman–Crippen MR) is 40.9 cm³/mol. The van der Waals surface area contributed by atoms with Crippen LogP contribution < -0.4 is 5.32 Å². The lowest BCUT2D eigenvalue weighted by molar-refractivity contribution is -0.136. The van der Waals surface area contributed by atoms with Crippen molar-refractivity contribution < 1.29 is 19.4 Å². The molecule has 0 fully saturated rings. The number of hydrogen-bond donors (Lipinski definition) is 1. The fourth-order valence-electron chi connectivity index (χ4n) is 0.426. The minimum absolute atomic E-state index is 0.547. The van der Waals surface area contributed by atoms with Gasteiger partial charge in [-0.2, -0.15) is 0 Å². The molecule has 0 aromatic carbocycles. The summed E-state index contributed by atoms with van der Waals surface area (Å²) in [6, 6.07) is 0. The summed E-state index contributed by atoms with van der Waals surface area (Å²) in [5.74, 6) is -1.15. The fourth-order valence-corrected chi connectivity index (χ4v) is 0.426. The number of hydrogen-bond acceptors (Lipinski definition) is 3. The highest BCUT2D eigenvalue weighted by Gasteiger charge is 2.17. The second-order valence-electron chi connectivity index (χ2n) is 3.19. The molecule has 0 saturated heterocycles. The molecule has 0 aromatic rings. The summed E-state index contributed by atoms with van der Waals surface area (Å²) < 4.78 is 4.72. The van der Waals surface area contributed by atoms with Crippen molar-refractivity contribution in [2.24, 2.45) is 0 Å². The highest BCUT2D eigenvalue weighted by atomic mass is 16.6. The Morgan fingerprint density at radius 3 is 2.25 bits per heavy atom. The molecule has 0 atom stereocenters. The van der Waals surface area contributed by atoms with Crippen LogP contribution in [0, 0.1) is 0 Å². The number of carbonyl (C=O) groups is 2. The summed E-state index contributed by atoms with van der Waals surface area (Å²) in [4.78, 5) is 20.7. The standard InChI is InChI=1S/C7H12NO4/c1-7(2,3)12-6(11)8-4-5(9)10/h4H2,1-3H3,(H,9,10)/i8+1. The summed E-state index contributed by atoms with van der Waals surface area (Å²) in [5, 5.41) is 11.3. The van der Waals surface area contributed by atoms with Gasteiger partial charge in [-0.05, 0) is 20.8 Å². The average molecular weight is 175 g/mol. The van der Waals surface area contributed by atoms with E-state index >= 15 is 0 Å². The van der Waals surface area contributed by atoms with E-state index in [1.807, 2.05) is 0 Å². The van der Waals surface area contributed by atoms with Crippen LogP contribution in [-0.2, 0) is 9.53 Å². The monoisotopic (exact) mass is 175 g/mol. The van der Waals surface area contributed by atoms with Crippen LogP contribution in [-0.4, -0.2) is 29.3 Å². The van der Waals surface area contributed by atoms with Crippen molar-refractivity contribution in [1.29, 1.82) is 0 Å². The van der Waals surface area contributed by atoms with E-state index in [0.717, 1.165) is 0 Å². The Balaban J connectivity index is 3.68. The van der Waals surface area contributed by atoms with E-state index in [4.69, 9.17) is 9.84 Å². The Labute approximate surface area is 70.7 Å². The van der Waals surface area contributed by atoms with Crippen LogP contribution >= 0.6 is 0 Å². The molecule has 5 heteroatoms. The Bertz CT molecular complexity index is 182. The van der Waals surface area contributed by atoms with Crippen molar-refractivity contribution in [3.05, 3.63) is 0 Å². The Kier molecular flexibility index (Phi) is 3.53. The van der Waals surface area contributed by atoms with Crippen molar-refractivity contribution in [3.63, 3.8) is 0 Å². The van der Waals surface area contributed by atoms with E-state index in [0.29, 0.717) is 0 Å². The SMILES string of the molecule is CC(C)(C)OC(=O)[15N]CC(=O)O. The molecule has 0 spiro atoms. The van der Waals surface area contributed by atoms with Crippen molar-refractivity contribution in [3.8, 4) is 0 Å². The van der Waals surface area contributed by atoms with E-state index in [1.165, 1.54) is 0 Å². The first-order chi connectivity index (χ1) is 5.31. The zero-order chi connectivity index (χ0) is 9.78. The molecular weight excluding hydrogens is 163 g/mol. The summed E-state index contributed by atoms with van der Waals surface area (Å²) in [5.41, 5.74) is -0.626. The van der Waals surface area contributed by atoms with Crippen molar-refractivity contribution in [1.82, 2.24) is 5.32 Å². The molecule has 0 rings (SSSR count). The van der Waals surface area contributed by atoms with Gasteiger partial charge >= 0.3 is 12.1 Å². The van der Waals surface area contributed by atoms with Gasteiger partial charge in [-0.15, -0.1) is 0 Å². The Morgan fingerprint density at radius 2 is 1.92 bits per heavy atom. The molecule has 0 heterocycles. The third-order valence-corrected chi connectivity index (χ3v) is 0.737. The lowest BCUT2D eigenvalue weighted by Gasteiger charge is -2.18. The van der Waals surface area contributed by atoms with Gasteiger partial charge in [0.2, 0.25) is 0 Å². The zero-order valence-electron chi connectivity index (χ0n) is 7.33. The zero-order valence-corrected chi connectivity index (χ0v) is 7.33. The normalized spacial score (nSPS) is 10.6. The molecule has 0 aliphatic carbocycles. The maximum atomic E-state index is 10.7. The quantitative estimate of drug-likeness (QED) is 0.623. The number of carboxylic acids is 1. The molecule has 0 aliphatic heterocycles. The Hall–Kier alpha value is -1.26. The minimum Gasteiger partial charge on any atom is -0.480 e. The maximum absolute atomic E-state index is 10.7. The van der Waals surface area contributed by atoms with Crippen LogP contribution in [0.15, 0.2) is 0 Å². The third kappa shape index (κ3) is 6.85. The molecular formula is C7H12NO4. The topological polar surface area (TPSA) is 77.7 Å². The van der Waals surface area contributed by atoms with Crippen LogP contribution in [0.3, 0.4) is 0 Å². The van der Waals surface area contributed by atoms with E-state index in [1.54, 1.807) is 20.8 Å². The van der Waals surface area contributed by atoms with Gasteiger partial charge in [0.1, 0.15) is 12.1 Å². The van der Waals surface area contributed by atoms with Crippen molar-refractivity contribution >= 4 is 12.1 Å². The first-order valence-corrected chi connectivity index (χ1v) is 3.43.